The number of aryl methyl sites for hydroxylation is 1. The van der Waals surface area contributed by atoms with Gasteiger partial charge in [-0.3, -0.25) is 14.4 Å². The third-order valence-corrected chi connectivity index (χ3v) is 3.78. The van der Waals surface area contributed by atoms with Crippen LogP contribution in [-0.4, -0.2) is 27.0 Å². The summed E-state index contributed by atoms with van der Waals surface area (Å²) in [4.78, 5) is 15.9. The van der Waals surface area contributed by atoms with E-state index in [2.05, 4.69) is 33.2 Å². The maximum atomic E-state index is 11.3. The quantitative estimate of drug-likeness (QED) is 0.340. The van der Waals surface area contributed by atoms with Crippen LogP contribution < -0.4 is 16.5 Å². The third kappa shape index (κ3) is 3.69. The van der Waals surface area contributed by atoms with Crippen molar-refractivity contribution in [1.82, 2.24) is 14.9 Å². The highest BCUT2D eigenvalue weighted by Crippen LogP contribution is 2.26. The van der Waals surface area contributed by atoms with Gasteiger partial charge in [0.2, 0.25) is 0 Å². The van der Waals surface area contributed by atoms with Crippen molar-refractivity contribution in [2.24, 2.45) is 0 Å². The predicted octanol–water partition coefficient (Wildman–Crippen LogP) is 2.33. The summed E-state index contributed by atoms with van der Waals surface area (Å²) < 4.78 is 2.65. The molecule has 0 bridgehead atoms. The van der Waals surface area contributed by atoms with Gasteiger partial charge in [-0.25, -0.2) is 10.5 Å². The van der Waals surface area contributed by atoms with E-state index in [0.29, 0.717) is 11.3 Å². The van der Waals surface area contributed by atoms with Crippen molar-refractivity contribution in [3.8, 4) is 0 Å². The van der Waals surface area contributed by atoms with E-state index >= 15 is 0 Å². The molecular formula is C14H20BrN5O2. The van der Waals surface area contributed by atoms with Gasteiger partial charge in [0, 0.05) is 10.7 Å². The number of nitrogen functional groups attached to an aromatic ring is 1. The molecule has 0 aliphatic rings. The summed E-state index contributed by atoms with van der Waals surface area (Å²) in [6.45, 7) is 2.10. The lowest BCUT2D eigenvalue weighted by Gasteiger charge is -2.08. The monoisotopic (exact) mass is 369 g/mol. The first-order valence-electron chi connectivity index (χ1n) is 7.19. The number of halogens is 1. The van der Waals surface area contributed by atoms with Crippen LogP contribution in [-0.2, 0) is 11.2 Å². The lowest BCUT2D eigenvalue weighted by Crippen LogP contribution is -2.27. The molecule has 0 unspecified atom stereocenters. The number of imidazole rings is 1. The van der Waals surface area contributed by atoms with Gasteiger partial charge in [0.1, 0.15) is 5.82 Å². The van der Waals surface area contributed by atoms with Gasteiger partial charge in [-0.05, 0) is 34.8 Å². The SMILES string of the molecule is CCCCCc1nc2c(N)cc(Br)cn2c1NCC(=O)NO. The number of amides is 1. The summed E-state index contributed by atoms with van der Waals surface area (Å²) >= 11 is 3.41. The van der Waals surface area contributed by atoms with Crippen molar-refractivity contribution in [2.75, 3.05) is 17.6 Å². The molecule has 7 nitrogen and oxygen atoms in total. The fraction of sp³-hybridized carbons (Fsp3) is 0.429. The van der Waals surface area contributed by atoms with Crippen LogP contribution in [0.25, 0.3) is 5.65 Å². The summed E-state index contributed by atoms with van der Waals surface area (Å²) in [6.07, 6.45) is 5.90. The number of pyridine rings is 1. The summed E-state index contributed by atoms with van der Waals surface area (Å²) in [7, 11) is 0. The summed E-state index contributed by atoms with van der Waals surface area (Å²) in [6, 6.07) is 1.79. The highest BCUT2D eigenvalue weighted by Gasteiger charge is 2.15. The van der Waals surface area contributed by atoms with Crippen LogP contribution in [0.3, 0.4) is 0 Å². The number of hydrogen-bond acceptors (Lipinski definition) is 5. The summed E-state index contributed by atoms with van der Waals surface area (Å²) in [5.41, 5.74) is 9.70. The van der Waals surface area contributed by atoms with Gasteiger partial charge in [-0.1, -0.05) is 19.8 Å². The molecule has 2 rings (SSSR count). The standard InChI is InChI=1S/C14H20BrN5O2/c1-2-3-4-5-11-14(17-7-12(21)19-22)20-8-9(15)6-10(16)13(20)18-11/h6,8,17,22H,2-5,7,16H2,1H3,(H,19,21). The van der Waals surface area contributed by atoms with Crippen LogP contribution in [0, 0.1) is 0 Å². The van der Waals surface area contributed by atoms with E-state index in [9.17, 15) is 4.79 Å². The zero-order chi connectivity index (χ0) is 16.1. The molecule has 0 saturated carbocycles. The number of carbonyl (C=O) groups excluding carboxylic acids is 1. The Morgan fingerprint density at radius 3 is 2.95 bits per heavy atom. The molecule has 0 saturated heterocycles. The molecule has 2 heterocycles. The lowest BCUT2D eigenvalue weighted by atomic mass is 10.1. The molecular weight excluding hydrogens is 350 g/mol. The van der Waals surface area contributed by atoms with Crippen LogP contribution in [0.15, 0.2) is 16.7 Å². The van der Waals surface area contributed by atoms with E-state index < -0.39 is 5.91 Å². The number of hydrogen-bond donors (Lipinski definition) is 4. The molecule has 0 aliphatic heterocycles. The number of nitrogens with one attached hydrogen (secondary N) is 2. The Labute approximate surface area is 137 Å². The smallest absolute Gasteiger partial charge is 0.262 e. The highest BCUT2D eigenvalue weighted by molar-refractivity contribution is 9.10. The number of carbonyl (C=O) groups is 1. The summed E-state index contributed by atoms with van der Waals surface area (Å²) in [5.74, 6) is 0.208. The normalized spacial score (nSPS) is 10.9. The van der Waals surface area contributed by atoms with Crippen molar-refractivity contribution in [3.05, 3.63) is 22.4 Å². The molecule has 120 valence electrons. The second kappa shape index (κ2) is 7.46. The zero-order valence-corrected chi connectivity index (χ0v) is 14.0. The van der Waals surface area contributed by atoms with Crippen LogP contribution in [0.4, 0.5) is 11.5 Å². The van der Waals surface area contributed by atoms with Gasteiger partial charge >= 0.3 is 0 Å². The first kappa shape index (κ1) is 16.6. The van der Waals surface area contributed by atoms with E-state index in [4.69, 9.17) is 10.9 Å². The fourth-order valence-corrected chi connectivity index (χ4v) is 2.74. The number of aromatic nitrogens is 2. The Morgan fingerprint density at radius 1 is 1.50 bits per heavy atom. The fourth-order valence-electron chi connectivity index (χ4n) is 2.29. The Balaban J connectivity index is 2.37. The number of rotatable bonds is 7. The number of nitrogens with two attached hydrogens (primary N) is 1. The number of anilines is 2. The molecule has 0 fully saturated rings. The number of nitrogens with zero attached hydrogens (tertiary/aromatic N) is 2. The van der Waals surface area contributed by atoms with Crippen molar-refractivity contribution < 1.29 is 10.0 Å². The topological polar surface area (TPSA) is 105 Å². The van der Waals surface area contributed by atoms with Crippen molar-refractivity contribution in [3.63, 3.8) is 0 Å². The summed E-state index contributed by atoms with van der Waals surface area (Å²) in [5, 5.41) is 11.6. The van der Waals surface area contributed by atoms with Gasteiger partial charge in [0.05, 0.1) is 17.9 Å². The van der Waals surface area contributed by atoms with Crippen molar-refractivity contribution >= 4 is 39.0 Å². The second-order valence-electron chi connectivity index (χ2n) is 5.06. The van der Waals surface area contributed by atoms with E-state index in [1.165, 1.54) is 0 Å². The molecule has 1 amide bonds. The van der Waals surface area contributed by atoms with Crippen LogP contribution >= 0.6 is 15.9 Å². The third-order valence-electron chi connectivity index (χ3n) is 3.35. The van der Waals surface area contributed by atoms with Crippen molar-refractivity contribution in [1.29, 1.82) is 0 Å². The zero-order valence-electron chi connectivity index (χ0n) is 12.4. The van der Waals surface area contributed by atoms with Crippen molar-refractivity contribution in [2.45, 2.75) is 32.6 Å². The number of hydroxylamine groups is 1. The first-order valence-corrected chi connectivity index (χ1v) is 7.98. The van der Waals surface area contributed by atoms with E-state index in [0.717, 1.165) is 41.7 Å². The Morgan fingerprint density at radius 2 is 2.27 bits per heavy atom. The Kier molecular flexibility index (Phi) is 5.62. The molecule has 0 aliphatic carbocycles. The Hall–Kier alpha value is -1.80. The minimum absolute atomic E-state index is 0.0442. The predicted molar refractivity (Wildman–Crippen MR) is 89.0 cm³/mol. The van der Waals surface area contributed by atoms with Crippen LogP contribution in [0.1, 0.15) is 31.9 Å². The minimum atomic E-state index is -0.516. The second-order valence-corrected chi connectivity index (χ2v) is 5.98. The van der Waals surface area contributed by atoms with E-state index in [1.807, 2.05) is 10.6 Å². The molecule has 0 atom stereocenters. The van der Waals surface area contributed by atoms with Crippen LogP contribution in [0.5, 0.6) is 0 Å². The first-order chi connectivity index (χ1) is 10.6. The molecule has 2 aromatic heterocycles. The van der Waals surface area contributed by atoms with E-state index in [1.54, 1.807) is 11.5 Å². The largest absolute Gasteiger partial charge is 0.396 e. The van der Waals surface area contributed by atoms with Gasteiger partial charge in [-0.15, -0.1) is 0 Å². The number of unbranched alkanes of at least 4 members (excludes halogenated alkanes) is 2. The lowest BCUT2D eigenvalue weighted by molar-refractivity contribution is -0.127. The maximum Gasteiger partial charge on any atom is 0.262 e. The molecule has 22 heavy (non-hydrogen) atoms. The highest BCUT2D eigenvalue weighted by atomic mass is 79.9. The maximum absolute atomic E-state index is 11.3. The van der Waals surface area contributed by atoms with E-state index in [-0.39, 0.29) is 6.54 Å². The molecule has 5 N–H and O–H groups in total. The average Bonchev–Trinajstić information content (AvgIpc) is 2.83. The van der Waals surface area contributed by atoms with Gasteiger partial charge in [0.15, 0.2) is 5.65 Å². The minimum Gasteiger partial charge on any atom is -0.396 e. The molecule has 8 heteroatoms. The molecule has 0 aromatic carbocycles. The van der Waals surface area contributed by atoms with Gasteiger partial charge < -0.3 is 11.1 Å². The molecule has 0 spiro atoms. The van der Waals surface area contributed by atoms with Crippen LogP contribution in [0.2, 0.25) is 0 Å². The van der Waals surface area contributed by atoms with Gasteiger partial charge in [-0.2, -0.15) is 0 Å². The molecule has 0 radical (unpaired) electrons. The molecule has 2 aromatic rings. The average molecular weight is 370 g/mol. The van der Waals surface area contributed by atoms with Gasteiger partial charge in [0.25, 0.3) is 5.91 Å². The number of fused-ring (bicyclic) bond motifs is 1. The Bertz CT molecular complexity index is 671.